The summed E-state index contributed by atoms with van der Waals surface area (Å²) in [5.74, 6) is 0. The van der Waals surface area contributed by atoms with E-state index in [1.54, 1.807) is 0 Å². The van der Waals surface area contributed by atoms with E-state index in [9.17, 15) is 26.1 Å². The monoisotopic (exact) mass is 273 g/mol. The van der Waals surface area contributed by atoms with E-state index in [2.05, 4.69) is 6.58 Å². The molecule has 0 aliphatic carbocycles. The number of hydrogen-bond acceptors (Lipinski definition) is 1. The molecule has 0 heterocycles. The Hall–Kier alpha value is 0.981. The van der Waals surface area contributed by atoms with E-state index in [4.69, 9.17) is 0 Å². The van der Waals surface area contributed by atoms with Crippen LogP contribution in [0.25, 0.3) is 0 Å². The van der Waals surface area contributed by atoms with Crippen molar-refractivity contribution in [1.29, 1.82) is 0 Å². The molecule has 0 aliphatic heterocycles. The van der Waals surface area contributed by atoms with Gasteiger partial charge in [-0.25, -0.2) is 0 Å². The average molecular weight is 273 g/mol. The van der Waals surface area contributed by atoms with Crippen LogP contribution in [0.2, 0.25) is 0 Å². The molecule has 0 radical (unpaired) electrons. The van der Waals surface area contributed by atoms with E-state index in [-0.39, 0.29) is 57.9 Å². The Labute approximate surface area is 133 Å². The van der Waals surface area contributed by atoms with Gasteiger partial charge in [0.1, 0.15) is 0 Å². The van der Waals surface area contributed by atoms with E-state index in [0.29, 0.717) is 4.90 Å². The van der Waals surface area contributed by atoms with Crippen LogP contribution in [0.15, 0.2) is 12.1 Å². The van der Waals surface area contributed by atoms with Crippen molar-refractivity contribution >= 4 is 6.98 Å². The fraction of sp³-hybridized carbons (Fsp3) is 0.714. The zero-order chi connectivity index (χ0) is 12.3. The zero-order valence-corrected chi connectivity index (χ0v) is 12.2. The summed E-state index contributed by atoms with van der Waals surface area (Å²) in [6, 6.07) is 0. The molecule has 0 N–H and O–H groups in total. The van der Waals surface area contributed by atoms with Crippen LogP contribution in [-0.2, 0) is 0 Å². The Kier molecular flexibility index (Phi) is 8.97. The maximum atomic E-state index is 12.0. The van der Waals surface area contributed by atoms with Gasteiger partial charge in [-0.05, 0) is 13.1 Å². The average Bonchev–Trinajstić information content (AvgIpc) is 1.98. The van der Waals surface area contributed by atoms with Crippen molar-refractivity contribution in [2.45, 2.75) is 13.1 Å². The van der Waals surface area contributed by atoms with E-state index < -0.39 is 31.7 Å². The van der Waals surface area contributed by atoms with E-state index in [1.165, 1.54) is 6.92 Å². The molecule has 0 aromatic rings. The van der Waals surface area contributed by atoms with Gasteiger partial charge >= 0.3 is 64.5 Å². The fourth-order valence-corrected chi connectivity index (χ4v) is 0.924. The van der Waals surface area contributed by atoms with Crippen molar-refractivity contribution in [2.24, 2.45) is 0 Å². The van der Waals surface area contributed by atoms with Crippen LogP contribution in [0.4, 0.5) is 26.1 Å². The van der Waals surface area contributed by atoms with E-state index >= 15 is 0 Å². The molecule has 9 heteroatoms. The van der Waals surface area contributed by atoms with Gasteiger partial charge in [-0.15, -0.1) is 12.1 Å². The molecule has 0 unspecified atom stereocenters. The minimum Gasteiger partial charge on any atom is -0.445 e. The van der Waals surface area contributed by atoms with Gasteiger partial charge in [-0.1, -0.05) is 6.92 Å². The van der Waals surface area contributed by atoms with Crippen LogP contribution in [-0.4, -0.2) is 37.7 Å². The summed E-state index contributed by atoms with van der Waals surface area (Å²) in [6.07, 6.45) is -4.49. The molecule has 0 amide bonds. The van der Waals surface area contributed by atoms with Crippen molar-refractivity contribution < 1.29 is 77.5 Å². The van der Waals surface area contributed by atoms with Gasteiger partial charge in [0.05, 0.1) is 6.54 Å². The van der Waals surface area contributed by atoms with E-state index in [0.717, 1.165) is 0 Å². The van der Waals surface area contributed by atoms with Gasteiger partial charge in [0.25, 0.3) is 0 Å². The van der Waals surface area contributed by atoms with Crippen LogP contribution < -0.4 is 51.4 Å². The Morgan fingerprint density at radius 1 is 1.25 bits per heavy atom. The molecule has 0 aliphatic rings. The van der Waals surface area contributed by atoms with Gasteiger partial charge in [0, 0.05) is 0 Å². The summed E-state index contributed by atoms with van der Waals surface area (Å²) >= 11 is 0. The Bertz CT molecular complexity index is 226. The molecule has 0 bridgehead atoms. The molecule has 0 saturated carbocycles. The number of rotatable bonds is 5. The number of likely N-dealkylation sites (N-methyl/N-ethyl adjacent to an activating group) is 1. The Balaban J connectivity index is 0. The second-order valence-electron chi connectivity index (χ2n) is 3.15. The summed E-state index contributed by atoms with van der Waals surface area (Å²) in [5.41, 5.74) is -1.11. The van der Waals surface area contributed by atoms with Crippen LogP contribution >= 0.6 is 0 Å². The molecule has 1 nitrogen and oxygen atoms in total. The molecule has 0 aromatic carbocycles. The number of alkyl halides is 3. The Morgan fingerprint density at radius 3 is 1.94 bits per heavy atom. The third kappa shape index (κ3) is 9.06. The molecule has 0 aromatic heterocycles. The van der Waals surface area contributed by atoms with Crippen LogP contribution in [0, 0.1) is 0 Å². The quantitative estimate of drug-likeness (QED) is 0.496. The second-order valence-corrected chi connectivity index (χ2v) is 3.15. The van der Waals surface area contributed by atoms with Gasteiger partial charge in [-0.2, -0.15) is 13.2 Å². The predicted molar refractivity (Wildman–Crippen MR) is 46.4 cm³/mol. The normalized spacial score (nSPS) is 12.5. The molecule has 0 saturated heterocycles. The largest absolute Gasteiger partial charge is 1.00 e. The summed E-state index contributed by atoms with van der Waals surface area (Å²) in [4.78, 5) is 0.650. The first-order chi connectivity index (χ1) is 6.56. The van der Waals surface area contributed by atoms with Gasteiger partial charge < -0.3 is 12.9 Å². The Morgan fingerprint density at radius 2 is 1.69 bits per heavy atom. The van der Waals surface area contributed by atoms with Crippen molar-refractivity contribution in [3.8, 4) is 0 Å². The maximum Gasteiger partial charge on any atom is 1.00 e. The molecule has 0 rings (SSSR count). The zero-order valence-electron chi connectivity index (χ0n) is 9.12. The molecule has 16 heavy (non-hydrogen) atoms. The van der Waals surface area contributed by atoms with Gasteiger partial charge in [-0.3, -0.25) is 4.90 Å². The van der Waals surface area contributed by atoms with Crippen molar-refractivity contribution in [3.63, 3.8) is 0 Å². The summed E-state index contributed by atoms with van der Waals surface area (Å²) < 4.78 is 71.8. The molecule has 90 valence electrons. The second kappa shape index (κ2) is 7.42. The number of nitrogens with zero attached hydrogens (tertiary/aromatic N) is 1. The maximum absolute atomic E-state index is 12.0. The van der Waals surface area contributed by atoms with Crippen LogP contribution in [0.3, 0.4) is 0 Å². The topological polar surface area (TPSA) is 3.24 Å². The molecule has 0 fully saturated rings. The third-order valence-electron chi connectivity index (χ3n) is 1.74. The summed E-state index contributed by atoms with van der Waals surface area (Å²) in [6.45, 7) is -3.41. The molecule has 0 spiro atoms. The van der Waals surface area contributed by atoms with Crippen molar-refractivity contribution in [3.05, 3.63) is 12.1 Å². The molecular formula is C7H11BF6KN. The van der Waals surface area contributed by atoms with Crippen molar-refractivity contribution in [1.82, 2.24) is 4.90 Å². The standard InChI is InChI=1S/C7H11BF6N.K/c1-3-15(5-7(9,10)11)4-6(2)8(12,13)14;/h2-5H2,1H3;/q-1;+1. The first kappa shape index (κ1) is 19.3. The smallest absolute Gasteiger partial charge is 0.445 e. The minimum atomic E-state index is -5.26. The first-order valence-electron chi connectivity index (χ1n) is 4.23. The predicted octanol–water partition coefficient (Wildman–Crippen LogP) is -0.183. The van der Waals surface area contributed by atoms with Gasteiger partial charge in [0.2, 0.25) is 0 Å². The number of halogens is 6. The molecular weight excluding hydrogens is 262 g/mol. The SMILES string of the molecule is C=C(CN(CC)CC(F)(F)F)[B-](F)(F)F.[K+]. The third-order valence-corrected chi connectivity index (χ3v) is 1.74. The summed E-state index contributed by atoms with van der Waals surface area (Å²) in [7, 11) is 0. The van der Waals surface area contributed by atoms with Gasteiger partial charge in [0.15, 0.2) is 0 Å². The van der Waals surface area contributed by atoms with Crippen molar-refractivity contribution in [2.75, 3.05) is 19.6 Å². The molecule has 0 atom stereocenters. The fourth-order valence-electron chi connectivity index (χ4n) is 0.924. The number of hydrogen-bond donors (Lipinski definition) is 0. The van der Waals surface area contributed by atoms with Crippen LogP contribution in [0.5, 0.6) is 0 Å². The van der Waals surface area contributed by atoms with E-state index in [1.807, 2.05) is 0 Å². The minimum absolute atomic E-state index is 0. The first-order valence-corrected chi connectivity index (χ1v) is 4.23. The summed E-state index contributed by atoms with van der Waals surface area (Å²) in [5, 5.41) is 0. The van der Waals surface area contributed by atoms with Crippen LogP contribution in [0.1, 0.15) is 6.92 Å².